The average Bonchev–Trinajstić information content (AvgIpc) is 2.34. The van der Waals surface area contributed by atoms with Gasteiger partial charge in [-0.2, -0.15) is 0 Å². The zero-order valence-electron chi connectivity index (χ0n) is 11.5. The Labute approximate surface area is 118 Å². The Morgan fingerprint density at radius 1 is 1.42 bits per heavy atom. The zero-order chi connectivity index (χ0) is 14.5. The molecule has 106 valence electrons. The standard InChI is InChI=1S/C14H20FNO2S/c1-14(2,17-3)6-7-18-9-10-8-11(15)4-5-12(10)13(16)19/h4-5,8H,6-7,9H2,1-3H3,(H2,16,19). The molecule has 0 aliphatic heterocycles. The van der Waals surface area contributed by atoms with Crippen LogP contribution in [0.3, 0.4) is 0 Å². The minimum absolute atomic E-state index is 0.228. The second-order valence-electron chi connectivity index (χ2n) is 4.93. The van der Waals surface area contributed by atoms with Gasteiger partial charge in [-0.3, -0.25) is 0 Å². The van der Waals surface area contributed by atoms with Gasteiger partial charge in [0.05, 0.1) is 12.2 Å². The summed E-state index contributed by atoms with van der Waals surface area (Å²) in [6, 6.07) is 4.32. The molecule has 2 N–H and O–H groups in total. The first kappa shape index (κ1) is 16.0. The maximum Gasteiger partial charge on any atom is 0.123 e. The fourth-order valence-corrected chi connectivity index (χ4v) is 1.72. The monoisotopic (exact) mass is 285 g/mol. The lowest BCUT2D eigenvalue weighted by molar-refractivity contribution is -0.0124. The second-order valence-corrected chi connectivity index (χ2v) is 5.37. The molecule has 0 spiro atoms. The summed E-state index contributed by atoms with van der Waals surface area (Å²) in [6.45, 7) is 4.77. The number of halogens is 1. The van der Waals surface area contributed by atoms with Crippen molar-refractivity contribution in [3.63, 3.8) is 0 Å². The summed E-state index contributed by atoms with van der Waals surface area (Å²) in [7, 11) is 1.66. The van der Waals surface area contributed by atoms with Crippen molar-refractivity contribution in [3.05, 3.63) is 35.1 Å². The third kappa shape index (κ3) is 5.22. The molecule has 0 aliphatic carbocycles. The first-order valence-electron chi connectivity index (χ1n) is 6.07. The van der Waals surface area contributed by atoms with E-state index in [9.17, 15) is 4.39 Å². The number of rotatable bonds is 7. The highest BCUT2D eigenvalue weighted by Gasteiger charge is 2.16. The summed E-state index contributed by atoms with van der Waals surface area (Å²) in [5, 5.41) is 0. The molecule has 0 atom stereocenters. The lowest BCUT2D eigenvalue weighted by atomic mass is 10.1. The number of benzene rings is 1. The molecule has 0 amide bonds. The third-order valence-corrected chi connectivity index (χ3v) is 3.21. The van der Waals surface area contributed by atoms with Crippen LogP contribution in [-0.2, 0) is 16.1 Å². The van der Waals surface area contributed by atoms with Crippen molar-refractivity contribution < 1.29 is 13.9 Å². The van der Waals surface area contributed by atoms with Gasteiger partial charge < -0.3 is 15.2 Å². The molecular weight excluding hydrogens is 265 g/mol. The van der Waals surface area contributed by atoms with Crippen LogP contribution >= 0.6 is 12.2 Å². The molecular formula is C14H20FNO2S. The van der Waals surface area contributed by atoms with Crippen LogP contribution in [-0.4, -0.2) is 24.3 Å². The number of thiocarbonyl (C=S) groups is 1. The summed E-state index contributed by atoms with van der Waals surface area (Å²) in [5.74, 6) is -0.323. The Kier molecular flexibility index (Phi) is 5.85. The first-order chi connectivity index (χ1) is 8.85. The van der Waals surface area contributed by atoms with Gasteiger partial charge >= 0.3 is 0 Å². The molecule has 0 saturated carbocycles. The second kappa shape index (κ2) is 6.93. The maximum absolute atomic E-state index is 13.2. The first-order valence-corrected chi connectivity index (χ1v) is 6.47. The van der Waals surface area contributed by atoms with Gasteiger partial charge in [-0.05, 0) is 44.0 Å². The Bertz CT molecular complexity index is 449. The minimum atomic E-state index is -0.323. The largest absolute Gasteiger partial charge is 0.389 e. The molecule has 1 aromatic carbocycles. The van der Waals surface area contributed by atoms with Crippen LogP contribution in [0.25, 0.3) is 0 Å². The van der Waals surface area contributed by atoms with Gasteiger partial charge in [0.15, 0.2) is 0 Å². The van der Waals surface area contributed by atoms with Crippen LogP contribution in [0.15, 0.2) is 18.2 Å². The molecule has 0 fully saturated rings. The van der Waals surface area contributed by atoms with Crippen molar-refractivity contribution >= 4 is 17.2 Å². The number of hydrogen-bond donors (Lipinski definition) is 1. The minimum Gasteiger partial charge on any atom is -0.389 e. The third-order valence-electron chi connectivity index (χ3n) is 2.99. The molecule has 3 nitrogen and oxygen atoms in total. The van der Waals surface area contributed by atoms with Gasteiger partial charge in [-0.15, -0.1) is 0 Å². The fraction of sp³-hybridized carbons (Fsp3) is 0.500. The van der Waals surface area contributed by atoms with E-state index in [2.05, 4.69) is 0 Å². The molecule has 5 heteroatoms. The van der Waals surface area contributed by atoms with Crippen LogP contribution in [0.1, 0.15) is 31.4 Å². The predicted octanol–water partition coefficient (Wildman–Crippen LogP) is 2.79. The van der Waals surface area contributed by atoms with Crippen LogP contribution in [0.4, 0.5) is 4.39 Å². The Morgan fingerprint density at radius 2 is 2.11 bits per heavy atom. The molecule has 0 unspecified atom stereocenters. The normalized spacial score (nSPS) is 11.6. The molecule has 1 rings (SSSR count). The van der Waals surface area contributed by atoms with E-state index in [4.69, 9.17) is 27.4 Å². The van der Waals surface area contributed by atoms with Crippen molar-refractivity contribution in [2.75, 3.05) is 13.7 Å². The highest BCUT2D eigenvalue weighted by molar-refractivity contribution is 7.80. The van der Waals surface area contributed by atoms with Crippen molar-refractivity contribution in [3.8, 4) is 0 Å². The molecule has 1 aromatic rings. The van der Waals surface area contributed by atoms with E-state index in [1.54, 1.807) is 13.2 Å². The number of methoxy groups -OCH3 is 1. The summed E-state index contributed by atoms with van der Waals surface area (Å²) in [5.41, 5.74) is 6.69. The van der Waals surface area contributed by atoms with Crippen LogP contribution < -0.4 is 5.73 Å². The summed E-state index contributed by atoms with van der Waals surface area (Å²) in [6.07, 6.45) is 0.751. The molecule has 0 saturated heterocycles. The lowest BCUT2D eigenvalue weighted by Crippen LogP contribution is -2.24. The molecule has 19 heavy (non-hydrogen) atoms. The van der Waals surface area contributed by atoms with E-state index in [0.717, 1.165) is 6.42 Å². The van der Waals surface area contributed by atoms with Crippen LogP contribution in [0.2, 0.25) is 0 Å². The van der Waals surface area contributed by atoms with E-state index in [0.29, 0.717) is 17.7 Å². The number of hydrogen-bond acceptors (Lipinski definition) is 3. The summed E-state index contributed by atoms with van der Waals surface area (Å²) in [4.78, 5) is 0.246. The Balaban J connectivity index is 2.58. The van der Waals surface area contributed by atoms with Gasteiger partial charge in [-0.25, -0.2) is 4.39 Å². The molecule has 0 aliphatic rings. The van der Waals surface area contributed by atoms with Crippen molar-refractivity contribution in [2.24, 2.45) is 5.73 Å². The van der Waals surface area contributed by atoms with E-state index in [-0.39, 0.29) is 23.0 Å². The van der Waals surface area contributed by atoms with E-state index in [1.165, 1.54) is 12.1 Å². The van der Waals surface area contributed by atoms with Crippen molar-refractivity contribution in [1.29, 1.82) is 0 Å². The van der Waals surface area contributed by atoms with Crippen molar-refractivity contribution in [2.45, 2.75) is 32.5 Å². The Hall–Kier alpha value is -1.04. The van der Waals surface area contributed by atoms with E-state index >= 15 is 0 Å². The molecule has 0 bridgehead atoms. The van der Waals surface area contributed by atoms with Gasteiger partial charge in [-0.1, -0.05) is 12.2 Å². The topological polar surface area (TPSA) is 44.5 Å². The summed E-state index contributed by atoms with van der Waals surface area (Å²) < 4.78 is 24.0. The fourth-order valence-electron chi connectivity index (χ4n) is 1.52. The quantitative estimate of drug-likeness (QED) is 0.618. The van der Waals surface area contributed by atoms with Crippen LogP contribution in [0, 0.1) is 5.82 Å². The molecule has 0 radical (unpaired) electrons. The van der Waals surface area contributed by atoms with Gasteiger partial charge in [0.2, 0.25) is 0 Å². The zero-order valence-corrected chi connectivity index (χ0v) is 12.3. The highest BCUT2D eigenvalue weighted by Crippen LogP contribution is 2.15. The van der Waals surface area contributed by atoms with Gasteiger partial charge in [0.1, 0.15) is 10.8 Å². The van der Waals surface area contributed by atoms with E-state index in [1.807, 2.05) is 13.8 Å². The smallest absolute Gasteiger partial charge is 0.123 e. The Morgan fingerprint density at radius 3 is 2.68 bits per heavy atom. The van der Waals surface area contributed by atoms with Crippen LogP contribution in [0.5, 0.6) is 0 Å². The number of nitrogens with two attached hydrogens (primary N) is 1. The maximum atomic E-state index is 13.2. The van der Waals surface area contributed by atoms with Crippen molar-refractivity contribution in [1.82, 2.24) is 0 Å². The molecule has 0 aromatic heterocycles. The summed E-state index contributed by atoms with van der Waals surface area (Å²) >= 11 is 4.93. The molecule has 0 heterocycles. The lowest BCUT2D eigenvalue weighted by Gasteiger charge is -2.22. The highest BCUT2D eigenvalue weighted by atomic mass is 32.1. The number of ether oxygens (including phenoxy) is 2. The SMILES string of the molecule is COC(C)(C)CCOCc1cc(F)ccc1C(N)=S. The van der Waals surface area contributed by atoms with Gasteiger partial charge in [0.25, 0.3) is 0 Å². The van der Waals surface area contributed by atoms with E-state index < -0.39 is 0 Å². The van der Waals surface area contributed by atoms with Gasteiger partial charge in [0, 0.05) is 19.3 Å². The predicted molar refractivity (Wildman–Crippen MR) is 77.6 cm³/mol. The average molecular weight is 285 g/mol.